The second kappa shape index (κ2) is 11.3. The normalized spacial score (nSPS) is 14.3. The van der Waals surface area contributed by atoms with Gasteiger partial charge in [0.1, 0.15) is 17.2 Å². The van der Waals surface area contributed by atoms with E-state index in [-0.39, 0.29) is 36.0 Å². The SMILES string of the molecule is CCOc1cc(/C=C2\C(=O)NC(=O)N(c3ccc(F)cc3)C2=O)ccc1OCC(=O)Nc1ccc(F)cc1. The highest BCUT2D eigenvalue weighted by Crippen LogP contribution is 2.30. The first-order valence-electron chi connectivity index (χ1n) is 11.4. The van der Waals surface area contributed by atoms with Crippen molar-refractivity contribution in [1.29, 1.82) is 0 Å². The monoisotopic (exact) mass is 521 g/mol. The summed E-state index contributed by atoms with van der Waals surface area (Å²) in [5, 5.41) is 4.67. The second-order valence-corrected chi connectivity index (χ2v) is 7.92. The minimum atomic E-state index is -0.957. The molecule has 5 amide bonds. The van der Waals surface area contributed by atoms with Gasteiger partial charge in [-0.2, -0.15) is 0 Å². The van der Waals surface area contributed by atoms with Crippen LogP contribution in [0.25, 0.3) is 6.08 Å². The third-order valence-electron chi connectivity index (χ3n) is 5.25. The van der Waals surface area contributed by atoms with E-state index in [1.807, 2.05) is 0 Å². The Hall–Kier alpha value is -5.06. The van der Waals surface area contributed by atoms with E-state index in [4.69, 9.17) is 9.47 Å². The molecule has 3 aromatic rings. The molecule has 0 spiro atoms. The number of benzene rings is 3. The Morgan fingerprint density at radius 1 is 0.921 bits per heavy atom. The Morgan fingerprint density at radius 3 is 2.24 bits per heavy atom. The molecule has 0 aromatic heterocycles. The Balaban J connectivity index is 1.52. The lowest BCUT2D eigenvalue weighted by Crippen LogP contribution is -2.54. The predicted octanol–water partition coefficient (Wildman–Crippen LogP) is 4.05. The highest BCUT2D eigenvalue weighted by molar-refractivity contribution is 6.39. The zero-order valence-corrected chi connectivity index (χ0v) is 20.0. The molecule has 2 N–H and O–H groups in total. The number of halogens is 2. The van der Waals surface area contributed by atoms with Crippen molar-refractivity contribution in [2.45, 2.75) is 6.92 Å². The van der Waals surface area contributed by atoms with Crippen LogP contribution in [0.1, 0.15) is 12.5 Å². The quantitative estimate of drug-likeness (QED) is 0.342. The van der Waals surface area contributed by atoms with Gasteiger partial charge in [0.2, 0.25) is 0 Å². The fourth-order valence-corrected chi connectivity index (χ4v) is 3.52. The van der Waals surface area contributed by atoms with Crippen molar-refractivity contribution in [3.05, 3.63) is 89.5 Å². The van der Waals surface area contributed by atoms with Crippen LogP contribution in [0.15, 0.2) is 72.3 Å². The fraction of sp³-hybridized carbons (Fsp3) is 0.111. The topological polar surface area (TPSA) is 114 Å². The summed E-state index contributed by atoms with van der Waals surface area (Å²) in [6, 6.07) is 13.5. The predicted molar refractivity (Wildman–Crippen MR) is 134 cm³/mol. The Kier molecular flexibility index (Phi) is 7.76. The van der Waals surface area contributed by atoms with Gasteiger partial charge < -0.3 is 14.8 Å². The Labute approximate surface area is 215 Å². The van der Waals surface area contributed by atoms with E-state index in [9.17, 15) is 28.0 Å². The number of urea groups is 1. The minimum Gasteiger partial charge on any atom is -0.490 e. The maximum Gasteiger partial charge on any atom is 0.335 e. The standard InChI is InChI=1S/C27H21F2N3O6/c1-2-37-23-14-16(3-12-22(23)38-15-24(33)30-19-8-4-17(28)5-9-19)13-21-25(34)31-27(36)32(26(21)35)20-10-6-18(29)7-11-20/h3-14H,2,15H2,1H3,(H,30,33)(H,31,34,36)/b21-13+. The molecule has 1 heterocycles. The first-order valence-corrected chi connectivity index (χ1v) is 11.4. The molecule has 0 saturated carbocycles. The fourth-order valence-electron chi connectivity index (χ4n) is 3.52. The number of carbonyl (C=O) groups is 4. The lowest BCUT2D eigenvalue weighted by molar-refractivity contribution is -0.122. The number of carbonyl (C=O) groups excluding carboxylic acids is 4. The van der Waals surface area contributed by atoms with E-state index in [0.717, 1.165) is 17.0 Å². The number of barbiturate groups is 1. The summed E-state index contributed by atoms with van der Waals surface area (Å²) in [7, 11) is 0. The van der Waals surface area contributed by atoms with Crippen LogP contribution in [-0.4, -0.2) is 37.0 Å². The first kappa shape index (κ1) is 26.0. The number of imide groups is 2. The van der Waals surface area contributed by atoms with Gasteiger partial charge in [0.15, 0.2) is 18.1 Å². The minimum absolute atomic E-state index is 0.0879. The van der Waals surface area contributed by atoms with E-state index < -0.39 is 35.4 Å². The molecule has 3 aromatic carbocycles. The van der Waals surface area contributed by atoms with Crippen molar-refractivity contribution in [1.82, 2.24) is 5.32 Å². The van der Waals surface area contributed by atoms with Crippen molar-refractivity contribution in [3.63, 3.8) is 0 Å². The molecule has 0 aliphatic carbocycles. The van der Waals surface area contributed by atoms with Crippen LogP contribution < -0.4 is 25.0 Å². The number of hydrogen-bond acceptors (Lipinski definition) is 6. The van der Waals surface area contributed by atoms with Gasteiger partial charge in [-0.05, 0) is 79.2 Å². The van der Waals surface area contributed by atoms with Gasteiger partial charge in [-0.25, -0.2) is 18.5 Å². The molecule has 9 nitrogen and oxygen atoms in total. The number of rotatable bonds is 8. The molecule has 1 fully saturated rings. The van der Waals surface area contributed by atoms with E-state index in [0.29, 0.717) is 11.3 Å². The number of ether oxygens (including phenoxy) is 2. The summed E-state index contributed by atoms with van der Waals surface area (Å²) in [6.45, 7) is 1.62. The molecule has 4 rings (SSSR count). The third kappa shape index (κ3) is 6.01. The molecular weight excluding hydrogens is 500 g/mol. The molecule has 38 heavy (non-hydrogen) atoms. The summed E-state index contributed by atoms with van der Waals surface area (Å²) in [5.74, 6) is -2.78. The van der Waals surface area contributed by atoms with Gasteiger partial charge in [-0.15, -0.1) is 0 Å². The van der Waals surface area contributed by atoms with E-state index >= 15 is 0 Å². The van der Waals surface area contributed by atoms with Gasteiger partial charge in [-0.1, -0.05) is 6.07 Å². The van der Waals surface area contributed by atoms with E-state index in [1.165, 1.54) is 60.7 Å². The maximum absolute atomic E-state index is 13.3. The van der Waals surface area contributed by atoms with E-state index in [2.05, 4.69) is 10.6 Å². The summed E-state index contributed by atoms with van der Waals surface area (Å²) in [6.07, 6.45) is 1.27. The molecule has 1 aliphatic heterocycles. The van der Waals surface area contributed by atoms with E-state index in [1.54, 1.807) is 6.92 Å². The number of nitrogens with zero attached hydrogens (tertiary/aromatic N) is 1. The van der Waals surface area contributed by atoms with Gasteiger partial charge in [0.25, 0.3) is 17.7 Å². The molecule has 0 bridgehead atoms. The molecule has 11 heteroatoms. The van der Waals surface area contributed by atoms with Gasteiger partial charge in [-0.3, -0.25) is 19.7 Å². The Bertz CT molecular complexity index is 1420. The zero-order valence-electron chi connectivity index (χ0n) is 20.0. The van der Waals surface area contributed by atoms with Crippen molar-refractivity contribution >= 4 is 41.2 Å². The van der Waals surface area contributed by atoms with Crippen LogP contribution in [0.3, 0.4) is 0 Å². The third-order valence-corrected chi connectivity index (χ3v) is 5.25. The van der Waals surface area contributed by atoms with Crippen molar-refractivity contribution in [3.8, 4) is 11.5 Å². The molecular formula is C27H21F2N3O6. The molecule has 0 radical (unpaired) electrons. The molecule has 1 saturated heterocycles. The number of amides is 5. The highest BCUT2D eigenvalue weighted by Gasteiger charge is 2.36. The van der Waals surface area contributed by atoms with Crippen LogP contribution >= 0.6 is 0 Å². The Morgan fingerprint density at radius 2 is 1.58 bits per heavy atom. The summed E-state index contributed by atoms with van der Waals surface area (Å²) < 4.78 is 37.5. The van der Waals surface area contributed by atoms with Crippen molar-refractivity contribution in [2.24, 2.45) is 0 Å². The van der Waals surface area contributed by atoms with Crippen molar-refractivity contribution in [2.75, 3.05) is 23.4 Å². The van der Waals surface area contributed by atoms with Crippen LogP contribution in [0.5, 0.6) is 11.5 Å². The second-order valence-electron chi connectivity index (χ2n) is 7.92. The van der Waals surface area contributed by atoms with Gasteiger partial charge >= 0.3 is 6.03 Å². The molecule has 0 unspecified atom stereocenters. The average molecular weight is 521 g/mol. The number of anilines is 2. The summed E-state index contributed by atoms with van der Waals surface area (Å²) in [4.78, 5) is 50.7. The zero-order chi connectivity index (χ0) is 27.2. The smallest absolute Gasteiger partial charge is 0.335 e. The summed E-state index contributed by atoms with van der Waals surface area (Å²) >= 11 is 0. The summed E-state index contributed by atoms with van der Waals surface area (Å²) in [5.41, 5.74) is 0.535. The lowest BCUT2D eigenvalue weighted by Gasteiger charge is -2.26. The maximum atomic E-state index is 13.3. The van der Waals surface area contributed by atoms with Crippen LogP contribution in [0, 0.1) is 11.6 Å². The number of nitrogens with one attached hydrogen (secondary N) is 2. The van der Waals surface area contributed by atoms with Crippen LogP contribution in [-0.2, 0) is 14.4 Å². The number of hydrogen-bond donors (Lipinski definition) is 2. The van der Waals surface area contributed by atoms with Gasteiger partial charge in [0, 0.05) is 5.69 Å². The van der Waals surface area contributed by atoms with Crippen LogP contribution in [0.4, 0.5) is 25.0 Å². The largest absolute Gasteiger partial charge is 0.490 e. The molecule has 0 atom stereocenters. The van der Waals surface area contributed by atoms with Crippen molar-refractivity contribution < 1.29 is 37.4 Å². The molecule has 1 aliphatic rings. The van der Waals surface area contributed by atoms with Gasteiger partial charge in [0.05, 0.1) is 12.3 Å². The van der Waals surface area contributed by atoms with Crippen LogP contribution in [0.2, 0.25) is 0 Å². The highest BCUT2D eigenvalue weighted by atomic mass is 19.1. The molecule has 194 valence electrons. The first-order chi connectivity index (χ1) is 18.2. The average Bonchev–Trinajstić information content (AvgIpc) is 2.88. The lowest BCUT2D eigenvalue weighted by atomic mass is 10.1.